The standard InChI is InChI=1S/C10H11N5O3S.CH4S/c11-1-5-3-15(10(17)18-5)6-2-12-9-8(13-6)14-7(16)4-19-9;1-2/h2,5H,1,3-4,11H2,(H,13,14,16);2H,1H3. The fourth-order valence-corrected chi connectivity index (χ4v) is 2.52. The lowest BCUT2D eigenvalue weighted by atomic mass is 10.3. The van der Waals surface area contributed by atoms with Crippen molar-refractivity contribution in [2.45, 2.75) is 11.1 Å². The number of hydrogen-bond acceptors (Lipinski definition) is 8. The van der Waals surface area contributed by atoms with Crippen LogP contribution in [0.5, 0.6) is 0 Å². The summed E-state index contributed by atoms with van der Waals surface area (Å²) in [5, 5.41) is 3.27. The molecule has 2 aliphatic heterocycles. The summed E-state index contributed by atoms with van der Waals surface area (Å²) < 4.78 is 5.04. The van der Waals surface area contributed by atoms with Crippen molar-refractivity contribution in [3.8, 4) is 0 Å². The lowest BCUT2D eigenvalue weighted by Gasteiger charge is -2.17. The van der Waals surface area contributed by atoms with E-state index in [1.807, 2.05) is 0 Å². The Labute approximate surface area is 131 Å². The van der Waals surface area contributed by atoms with Crippen LogP contribution in [0.25, 0.3) is 0 Å². The molecule has 0 spiro atoms. The number of ether oxygens (including phenoxy) is 1. The van der Waals surface area contributed by atoms with Gasteiger partial charge in [-0.05, 0) is 6.26 Å². The number of carbonyl (C=O) groups excluding carboxylic acids is 2. The minimum atomic E-state index is -0.500. The van der Waals surface area contributed by atoms with Gasteiger partial charge in [-0.25, -0.2) is 14.8 Å². The molecule has 21 heavy (non-hydrogen) atoms. The number of nitrogens with one attached hydrogen (secondary N) is 1. The van der Waals surface area contributed by atoms with Crippen LogP contribution in [0.1, 0.15) is 0 Å². The molecule has 1 unspecified atom stereocenters. The number of anilines is 2. The Balaban J connectivity index is 0.000000774. The van der Waals surface area contributed by atoms with Gasteiger partial charge in [-0.1, -0.05) is 11.8 Å². The molecule has 3 rings (SSSR count). The molecule has 1 saturated heterocycles. The molecule has 10 heteroatoms. The van der Waals surface area contributed by atoms with E-state index >= 15 is 0 Å². The first-order valence-corrected chi connectivity index (χ1v) is 7.98. The zero-order valence-electron chi connectivity index (χ0n) is 11.3. The third-order valence-electron chi connectivity index (χ3n) is 2.74. The Hall–Kier alpha value is -1.52. The topological polar surface area (TPSA) is 110 Å². The summed E-state index contributed by atoms with van der Waals surface area (Å²) in [6.07, 6.45) is 2.34. The Bertz CT molecular complexity index is 557. The lowest BCUT2D eigenvalue weighted by Crippen LogP contribution is -2.29. The van der Waals surface area contributed by atoms with Crippen molar-refractivity contribution < 1.29 is 14.3 Å². The largest absolute Gasteiger partial charge is 0.443 e. The number of hydrogen-bond donors (Lipinski definition) is 3. The van der Waals surface area contributed by atoms with Gasteiger partial charge in [0, 0.05) is 6.54 Å². The van der Waals surface area contributed by atoms with Crippen LogP contribution < -0.4 is 16.0 Å². The van der Waals surface area contributed by atoms with Gasteiger partial charge in [0.15, 0.2) is 11.6 Å². The number of nitrogens with two attached hydrogens (primary N) is 1. The molecule has 114 valence electrons. The van der Waals surface area contributed by atoms with Crippen molar-refractivity contribution in [2.24, 2.45) is 5.73 Å². The van der Waals surface area contributed by atoms with E-state index in [1.54, 1.807) is 6.26 Å². The van der Waals surface area contributed by atoms with Crippen molar-refractivity contribution in [1.82, 2.24) is 9.97 Å². The number of amides is 2. The molecular formula is C11H15N5O3S2. The number of aromatic nitrogens is 2. The van der Waals surface area contributed by atoms with Crippen molar-refractivity contribution >= 4 is 48.0 Å². The minimum absolute atomic E-state index is 0.132. The van der Waals surface area contributed by atoms with Crippen LogP contribution in [0, 0.1) is 0 Å². The van der Waals surface area contributed by atoms with Crippen LogP contribution in [0.15, 0.2) is 11.2 Å². The second-order valence-electron chi connectivity index (χ2n) is 4.07. The van der Waals surface area contributed by atoms with Gasteiger partial charge in [0.25, 0.3) is 0 Å². The van der Waals surface area contributed by atoms with Crippen LogP contribution in [0.4, 0.5) is 16.4 Å². The van der Waals surface area contributed by atoms with Gasteiger partial charge in [-0.3, -0.25) is 9.69 Å². The van der Waals surface area contributed by atoms with Crippen molar-refractivity contribution in [3.05, 3.63) is 6.20 Å². The summed E-state index contributed by atoms with van der Waals surface area (Å²) in [5.41, 5.74) is 5.47. The van der Waals surface area contributed by atoms with Gasteiger partial charge in [0.05, 0.1) is 18.5 Å². The zero-order valence-corrected chi connectivity index (χ0v) is 13.0. The second-order valence-corrected chi connectivity index (χ2v) is 5.03. The van der Waals surface area contributed by atoms with Crippen LogP contribution >= 0.6 is 24.4 Å². The number of nitrogens with zero attached hydrogens (tertiary/aromatic N) is 3. The molecule has 3 N–H and O–H groups in total. The second kappa shape index (κ2) is 6.96. The van der Waals surface area contributed by atoms with E-state index in [0.29, 0.717) is 29.0 Å². The van der Waals surface area contributed by atoms with Crippen molar-refractivity contribution in [3.63, 3.8) is 0 Å². The Kier molecular flexibility index (Phi) is 5.26. The molecule has 0 radical (unpaired) electrons. The van der Waals surface area contributed by atoms with Gasteiger partial charge in [-0.15, -0.1) is 0 Å². The van der Waals surface area contributed by atoms with Crippen LogP contribution in [0.2, 0.25) is 0 Å². The van der Waals surface area contributed by atoms with Crippen LogP contribution in [-0.2, 0) is 9.53 Å². The molecule has 1 atom stereocenters. The highest BCUT2D eigenvalue weighted by Crippen LogP contribution is 2.30. The van der Waals surface area contributed by atoms with E-state index in [2.05, 4.69) is 27.9 Å². The SMILES string of the molecule is CS.NCC1CN(c2cnc3c(n2)NC(=O)CS3)C(=O)O1. The summed E-state index contributed by atoms with van der Waals surface area (Å²) >= 11 is 4.84. The predicted molar refractivity (Wildman–Crippen MR) is 83.0 cm³/mol. The van der Waals surface area contributed by atoms with Crippen molar-refractivity contribution in [2.75, 3.05) is 35.3 Å². The maximum atomic E-state index is 11.7. The van der Waals surface area contributed by atoms with Gasteiger partial charge in [0.1, 0.15) is 11.1 Å². The first-order chi connectivity index (χ1) is 10.2. The highest BCUT2D eigenvalue weighted by atomic mass is 32.2. The summed E-state index contributed by atoms with van der Waals surface area (Å²) in [6, 6.07) is 0. The number of fused-ring (bicyclic) bond motifs is 1. The molecule has 1 aromatic rings. The minimum Gasteiger partial charge on any atom is -0.443 e. The molecule has 0 bridgehead atoms. The highest BCUT2D eigenvalue weighted by molar-refractivity contribution is 8.00. The zero-order chi connectivity index (χ0) is 15.4. The maximum absolute atomic E-state index is 11.7. The summed E-state index contributed by atoms with van der Waals surface area (Å²) in [5.74, 6) is 0.917. The van der Waals surface area contributed by atoms with E-state index in [1.165, 1.54) is 22.9 Å². The van der Waals surface area contributed by atoms with E-state index < -0.39 is 6.09 Å². The van der Waals surface area contributed by atoms with Crippen LogP contribution in [0.3, 0.4) is 0 Å². The molecule has 0 aromatic carbocycles. The van der Waals surface area contributed by atoms with E-state index in [0.717, 1.165) is 0 Å². The molecule has 1 aromatic heterocycles. The average Bonchev–Trinajstić information content (AvgIpc) is 2.89. The number of thioether (sulfide) groups is 1. The Morgan fingerprint density at radius 2 is 2.33 bits per heavy atom. The molecule has 0 saturated carbocycles. The molecule has 2 aliphatic rings. The summed E-state index contributed by atoms with van der Waals surface area (Å²) in [4.78, 5) is 32.7. The fourth-order valence-electron chi connectivity index (χ4n) is 1.82. The highest BCUT2D eigenvalue weighted by Gasteiger charge is 2.33. The smallest absolute Gasteiger partial charge is 0.416 e. The number of carbonyl (C=O) groups is 2. The molecule has 0 aliphatic carbocycles. The third-order valence-corrected chi connectivity index (χ3v) is 3.72. The Morgan fingerprint density at radius 1 is 1.57 bits per heavy atom. The molecule has 3 heterocycles. The van der Waals surface area contributed by atoms with Gasteiger partial charge >= 0.3 is 6.09 Å². The van der Waals surface area contributed by atoms with E-state index in [9.17, 15) is 9.59 Å². The summed E-state index contributed by atoms with van der Waals surface area (Å²) in [7, 11) is 0. The first-order valence-electron chi connectivity index (χ1n) is 6.10. The monoisotopic (exact) mass is 329 g/mol. The first kappa shape index (κ1) is 15.9. The fraction of sp³-hybridized carbons (Fsp3) is 0.455. The normalized spacial score (nSPS) is 20.1. The number of thiol groups is 1. The maximum Gasteiger partial charge on any atom is 0.416 e. The molecule has 2 amide bonds. The average molecular weight is 329 g/mol. The van der Waals surface area contributed by atoms with Gasteiger partial charge in [-0.2, -0.15) is 12.6 Å². The van der Waals surface area contributed by atoms with Crippen molar-refractivity contribution in [1.29, 1.82) is 0 Å². The number of cyclic esters (lactones) is 1. The quantitative estimate of drug-likeness (QED) is 0.671. The Morgan fingerprint density at radius 3 is 3.00 bits per heavy atom. The molecule has 1 fully saturated rings. The molecular weight excluding hydrogens is 314 g/mol. The van der Waals surface area contributed by atoms with Crippen LogP contribution in [-0.4, -0.2) is 53.2 Å². The van der Waals surface area contributed by atoms with Gasteiger partial charge < -0.3 is 15.8 Å². The predicted octanol–water partition coefficient (Wildman–Crippen LogP) is 0.351. The van der Waals surface area contributed by atoms with E-state index in [-0.39, 0.29) is 18.6 Å². The summed E-state index contributed by atoms with van der Waals surface area (Å²) in [6.45, 7) is 0.594. The molecule has 8 nitrogen and oxygen atoms in total. The van der Waals surface area contributed by atoms with E-state index in [4.69, 9.17) is 10.5 Å². The van der Waals surface area contributed by atoms with Gasteiger partial charge in [0.2, 0.25) is 5.91 Å². The lowest BCUT2D eigenvalue weighted by molar-refractivity contribution is -0.113. The number of rotatable bonds is 2. The third kappa shape index (κ3) is 3.39.